The molecule has 0 spiro atoms. The highest BCUT2D eigenvalue weighted by atomic mass is 127. The summed E-state index contributed by atoms with van der Waals surface area (Å²) in [4.78, 5) is 14.8. The summed E-state index contributed by atoms with van der Waals surface area (Å²) in [5, 5.41) is 0. The number of hydrogen-bond acceptors (Lipinski definition) is 3. The van der Waals surface area contributed by atoms with Crippen LogP contribution in [0.5, 0.6) is 0 Å². The second kappa shape index (κ2) is 6.29. The number of para-hydroxylation sites is 1. The number of carbonyl (C=O) groups excluding carboxylic acids is 1. The van der Waals surface area contributed by atoms with Crippen molar-refractivity contribution in [1.29, 1.82) is 0 Å². The Labute approximate surface area is 146 Å². The van der Waals surface area contributed by atoms with Crippen molar-refractivity contribution >= 4 is 68.6 Å². The van der Waals surface area contributed by atoms with Gasteiger partial charge in [-0.25, -0.2) is 0 Å². The zero-order chi connectivity index (χ0) is 14.8. The van der Waals surface area contributed by atoms with Gasteiger partial charge in [0, 0.05) is 3.57 Å². The topological polar surface area (TPSA) is 20.3 Å². The Kier molecular flexibility index (Phi) is 4.42. The van der Waals surface area contributed by atoms with Gasteiger partial charge in [-0.15, -0.1) is 0 Å². The number of anilines is 1. The molecule has 1 saturated heterocycles. The van der Waals surface area contributed by atoms with Crippen molar-refractivity contribution in [2.24, 2.45) is 0 Å². The highest BCUT2D eigenvalue weighted by Crippen LogP contribution is 2.35. The lowest BCUT2D eigenvalue weighted by Gasteiger charge is -2.13. The summed E-state index contributed by atoms with van der Waals surface area (Å²) in [5.74, 6) is -0.0601. The average molecular weight is 423 g/mol. The summed E-state index contributed by atoms with van der Waals surface area (Å²) in [6, 6.07) is 17.5. The van der Waals surface area contributed by atoms with Gasteiger partial charge in [0.1, 0.15) is 0 Å². The van der Waals surface area contributed by atoms with Crippen molar-refractivity contribution in [3.05, 3.63) is 68.6 Å². The first-order valence-electron chi connectivity index (χ1n) is 6.24. The second-order valence-electron chi connectivity index (χ2n) is 4.41. The molecule has 1 aliphatic heterocycles. The van der Waals surface area contributed by atoms with Crippen LogP contribution in [-0.2, 0) is 4.79 Å². The number of amides is 1. The fourth-order valence-electron chi connectivity index (χ4n) is 2.02. The van der Waals surface area contributed by atoms with E-state index in [0.717, 1.165) is 14.8 Å². The van der Waals surface area contributed by atoms with E-state index in [0.29, 0.717) is 9.23 Å². The van der Waals surface area contributed by atoms with Crippen LogP contribution in [-0.4, -0.2) is 10.2 Å². The van der Waals surface area contributed by atoms with Gasteiger partial charge in [-0.3, -0.25) is 9.69 Å². The van der Waals surface area contributed by atoms with Crippen molar-refractivity contribution in [1.82, 2.24) is 0 Å². The lowest BCUT2D eigenvalue weighted by atomic mass is 10.2. The van der Waals surface area contributed by atoms with Gasteiger partial charge in [-0.1, -0.05) is 54.3 Å². The van der Waals surface area contributed by atoms with Crippen LogP contribution in [0.25, 0.3) is 6.08 Å². The van der Waals surface area contributed by atoms with E-state index in [1.54, 1.807) is 4.90 Å². The number of thiocarbonyl (C=S) groups is 1. The Morgan fingerprint density at radius 2 is 1.86 bits per heavy atom. The average Bonchev–Trinajstić information content (AvgIpc) is 2.74. The normalized spacial score (nSPS) is 16.8. The fraction of sp³-hybridized carbons (Fsp3) is 0. The summed E-state index contributed by atoms with van der Waals surface area (Å²) in [7, 11) is 0. The number of thioether (sulfide) groups is 1. The predicted molar refractivity (Wildman–Crippen MR) is 101 cm³/mol. The van der Waals surface area contributed by atoms with E-state index < -0.39 is 0 Å². The number of nitrogens with zero attached hydrogens (tertiary/aromatic N) is 1. The molecule has 0 aromatic heterocycles. The molecule has 0 aliphatic carbocycles. The molecule has 1 fully saturated rings. The van der Waals surface area contributed by atoms with E-state index in [4.69, 9.17) is 12.2 Å². The van der Waals surface area contributed by atoms with Gasteiger partial charge in [0.2, 0.25) is 0 Å². The zero-order valence-electron chi connectivity index (χ0n) is 10.8. The molecule has 0 radical (unpaired) electrons. The highest BCUT2D eigenvalue weighted by molar-refractivity contribution is 14.1. The van der Waals surface area contributed by atoms with Gasteiger partial charge in [-0.2, -0.15) is 0 Å². The van der Waals surface area contributed by atoms with E-state index in [9.17, 15) is 4.79 Å². The van der Waals surface area contributed by atoms with Gasteiger partial charge in [0.05, 0.1) is 10.6 Å². The molecule has 0 N–H and O–H groups in total. The monoisotopic (exact) mass is 423 g/mol. The molecule has 0 saturated carbocycles. The van der Waals surface area contributed by atoms with Crippen LogP contribution in [0.3, 0.4) is 0 Å². The maximum absolute atomic E-state index is 12.6. The molecule has 104 valence electrons. The third kappa shape index (κ3) is 3.20. The minimum absolute atomic E-state index is 0.0601. The van der Waals surface area contributed by atoms with Crippen LogP contribution in [0.2, 0.25) is 0 Å². The Hall–Kier alpha value is -1.18. The van der Waals surface area contributed by atoms with Crippen molar-refractivity contribution in [3.63, 3.8) is 0 Å². The molecule has 2 aromatic carbocycles. The van der Waals surface area contributed by atoms with Crippen molar-refractivity contribution < 1.29 is 4.79 Å². The molecule has 1 heterocycles. The third-order valence-corrected chi connectivity index (χ3v) is 4.93. The van der Waals surface area contributed by atoms with Crippen LogP contribution in [0, 0.1) is 3.57 Å². The first kappa shape index (κ1) is 14.7. The highest BCUT2D eigenvalue weighted by Gasteiger charge is 2.33. The van der Waals surface area contributed by atoms with Crippen LogP contribution in [0.1, 0.15) is 5.56 Å². The minimum atomic E-state index is -0.0601. The van der Waals surface area contributed by atoms with Crippen LogP contribution in [0.15, 0.2) is 59.5 Å². The number of rotatable bonds is 2. The maximum atomic E-state index is 12.6. The lowest BCUT2D eigenvalue weighted by Crippen LogP contribution is -2.27. The number of hydrogen-bond donors (Lipinski definition) is 0. The molecule has 1 amide bonds. The molecular formula is C16H10INOS2. The van der Waals surface area contributed by atoms with Crippen molar-refractivity contribution in [2.75, 3.05) is 4.90 Å². The van der Waals surface area contributed by atoms with Gasteiger partial charge < -0.3 is 0 Å². The minimum Gasteiger partial charge on any atom is -0.268 e. The largest absolute Gasteiger partial charge is 0.270 e. The first-order chi connectivity index (χ1) is 10.1. The SMILES string of the molecule is O=C1/C(=C\c2cccc(I)c2)SC(=S)N1c1ccccc1. The Morgan fingerprint density at radius 3 is 2.57 bits per heavy atom. The quantitative estimate of drug-likeness (QED) is 0.397. The van der Waals surface area contributed by atoms with E-state index >= 15 is 0 Å². The smallest absolute Gasteiger partial charge is 0.268 e. The second-order valence-corrected chi connectivity index (χ2v) is 7.33. The van der Waals surface area contributed by atoms with Crippen molar-refractivity contribution in [3.8, 4) is 0 Å². The Balaban J connectivity index is 1.94. The van der Waals surface area contributed by atoms with Gasteiger partial charge in [-0.05, 0) is 58.5 Å². The number of halogens is 1. The predicted octanol–water partition coefficient (Wildman–Crippen LogP) is 4.70. The van der Waals surface area contributed by atoms with E-state index in [1.165, 1.54) is 11.8 Å². The standard InChI is InChI=1S/C16H10INOS2/c17-12-6-4-5-11(9-12)10-14-15(19)18(16(20)21-14)13-7-2-1-3-8-13/h1-10H/b14-10+. The Morgan fingerprint density at radius 1 is 1.10 bits per heavy atom. The molecule has 21 heavy (non-hydrogen) atoms. The molecular weight excluding hydrogens is 413 g/mol. The third-order valence-electron chi connectivity index (χ3n) is 2.95. The van der Waals surface area contributed by atoms with Crippen molar-refractivity contribution in [2.45, 2.75) is 0 Å². The molecule has 0 unspecified atom stereocenters. The molecule has 0 atom stereocenters. The Bertz CT molecular complexity index is 743. The number of carbonyl (C=O) groups is 1. The molecule has 2 aromatic rings. The molecule has 5 heteroatoms. The zero-order valence-corrected chi connectivity index (χ0v) is 14.6. The van der Waals surface area contributed by atoms with Gasteiger partial charge in [0.25, 0.3) is 5.91 Å². The molecule has 3 rings (SSSR count). The fourth-order valence-corrected chi connectivity index (χ4v) is 3.88. The number of benzene rings is 2. The van der Waals surface area contributed by atoms with Gasteiger partial charge in [0.15, 0.2) is 4.32 Å². The summed E-state index contributed by atoms with van der Waals surface area (Å²) in [6.07, 6.45) is 1.89. The van der Waals surface area contributed by atoms with Gasteiger partial charge >= 0.3 is 0 Å². The molecule has 1 aliphatic rings. The van der Waals surface area contributed by atoms with E-state index in [2.05, 4.69) is 22.6 Å². The van der Waals surface area contributed by atoms with Crippen LogP contribution < -0.4 is 4.90 Å². The molecule has 0 bridgehead atoms. The summed E-state index contributed by atoms with van der Waals surface area (Å²) >= 11 is 8.95. The van der Waals surface area contributed by atoms with E-state index in [1.807, 2.05) is 60.7 Å². The summed E-state index contributed by atoms with van der Waals surface area (Å²) < 4.78 is 1.71. The molecule has 2 nitrogen and oxygen atoms in total. The lowest BCUT2D eigenvalue weighted by molar-refractivity contribution is -0.113. The summed E-state index contributed by atoms with van der Waals surface area (Å²) in [5.41, 5.74) is 1.82. The first-order valence-corrected chi connectivity index (χ1v) is 8.54. The van der Waals surface area contributed by atoms with E-state index in [-0.39, 0.29) is 5.91 Å². The maximum Gasteiger partial charge on any atom is 0.270 e. The van der Waals surface area contributed by atoms with Crippen LogP contribution in [0.4, 0.5) is 5.69 Å². The summed E-state index contributed by atoms with van der Waals surface area (Å²) in [6.45, 7) is 0. The van der Waals surface area contributed by atoms with Crippen LogP contribution >= 0.6 is 46.6 Å².